The lowest BCUT2D eigenvalue weighted by Crippen LogP contribution is -2.04. The maximum absolute atomic E-state index is 11.6. The molecule has 1 rings (SSSR count). The minimum Gasteiger partial charge on any atom is -0.431 e. The summed E-state index contributed by atoms with van der Waals surface area (Å²) in [5.74, 6) is 0.220. The number of rotatable bonds is 6. The highest BCUT2D eigenvalue weighted by atomic mass is 16.5. The lowest BCUT2D eigenvalue weighted by atomic mass is 10.0. The minimum absolute atomic E-state index is 0.345. The van der Waals surface area contributed by atoms with Crippen LogP contribution in [0.5, 0.6) is 0 Å². The first-order valence-electron chi connectivity index (χ1n) is 6.20. The highest BCUT2D eigenvalue weighted by Gasteiger charge is 2.07. The molecule has 0 N–H and O–H groups in total. The third kappa shape index (κ3) is 5.48. The number of hydrogen-bond acceptors (Lipinski definition) is 2. The van der Waals surface area contributed by atoms with E-state index in [2.05, 4.69) is 20.4 Å². The van der Waals surface area contributed by atoms with E-state index in [0.717, 1.165) is 12.0 Å². The lowest BCUT2D eigenvalue weighted by molar-refractivity contribution is -0.133. The molecular formula is C16H20O2. The van der Waals surface area contributed by atoms with Crippen molar-refractivity contribution in [2.75, 3.05) is 0 Å². The summed E-state index contributed by atoms with van der Waals surface area (Å²) in [6.45, 7) is 7.98. The van der Waals surface area contributed by atoms with E-state index in [-0.39, 0.29) is 5.97 Å². The van der Waals surface area contributed by atoms with Crippen LogP contribution in [-0.4, -0.2) is 5.97 Å². The Hall–Kier alpha value is -1.83. The van der Waals surface area contributed by atoms with Crippen LogP contribution in [0, 0.1) is 5.92 Å². The normalized spacial score (nSPS) is 10.8. The molecule has 0 amide bonds. The van der Waals surface area contributed by atoms with Gasteiger partial charge in [0.2, 0.25) is 0 Å². The Balaban J connectivity index is 2.37. The maximum Gasteiger partial charge on any atom is 0.338 e. The van der Waals surface area contributed by atoms with Crippen LogP contribution in [-0.2, 0) is 9.53 Å². The molecule has 0 bridgehead atoms. The van der Waals surface area contributed by atoms with Crippen LogP contribution in [0.3, 0.4) is 0 Å². The molecule has 1 aromatic carbocycles. The van der Waals surface area contributed by atoms with Crippen LogP contribution in [0.15, 0.2) is 48.7 Å². The van der Waals surface area contributed by atoms with E-state index in [1.54, 1.807) is 6.08 Å². The number of ether oxygens (including phenoxy) is 1. The molecule has 0 aliphatic carbocycles. The number of benzene rings is 1. The molecule has 0 fully saturated rings. The zero-order chi connectivity index (χ0) is 13.4. The quantitative estimate of drug-likeness (QED) is 0.426. The van der Waals surface area contributed by atoms with Crippen LogP contribution in [0.25, 0.3) is 6.08 Å². The Labute approximate surface area is 109 Å². The summed E-state index contributed by atoms with van der Waals surface area (Å²) in [4.78, 5) is 11.6. The molecule has 0 heterocycles. The summed E-state index contributed by atoms with van der Waals surface area (Å²) in [5, 5.41) is 0. The lowest BCUT2D eigenvalue weighted by Gasteiger charge is -2.05. The van der Waals surface area contributed by atoms with Gasteiger partial charge in [-0.3, -0.25) is 0 Å². The first-order valence-corrected chi connectivity index (χ1v) is 6.20. The van der Waals surface area contributed by atoms with Crippen molar-refractivity contribution in [2.24, 2.45) is 5.92 Å². The zero-order valence-corrected chi connectivity index (χ0v) is 11.1. The van der Waals surface area contributed by atoms with Gasteiger partial charge >= 0.3 is 5.97 Å². The number of esters is 1. The minimum atomic E-state index is -0.345. The first kappa shape index (κ1) is 14.2. The van der Waals surface area contributed by atoms with Gasteiger partial charge in [0.1, 0.15) is 0 Å². The van der Waals surface area contributed by atoms with Crippen molar-refractivity contribution >= 4 is 12.0 Å². The predicted molar refractivity (Wildman–Crippen MR) is 74.8 cm³/mol. The van der Waals surface area contributed by atoms with E-state index in [9.17, 15) is 4.79 Å². The predicted octanol–water partition coefficient (Wildman–Crippen LogP) is 4.19. The maximum atomic E-state index is 11.6. The van der Waals surface area contributed by atoms with Gasteiger partial charge in [-0.15, -0.1) is 0 Å². The van der Waals surface area contributed by atoms with Crippen LogP contribution in [0.1, 0.15) is 32.3 Å². The van der Waals surface area contributed by atoms with Crippen molar-refractivity contribution in [3.05, 3.63) is 54.3 Å². The average Bonchev–Trinajstić information content (AvgIpc) is 2.37. The van der Waals surface area contributed by atoms with Crippen LogP contribution >= 0.6 is 0 Å². The van der Waals surface area contributed by atoms with Gasteiger partial charge < -0.3 is 4.74 Å². The second-order valence-electron chi connectivity index (χ2n) is 4.65. The molecule has 0 saturated carbocycles. The van der Waals surface area contributed by atoms with Gasteiger partial charge in [0.05, 0.1) is 6.26 Å². The van der Waals surface area contributed by atoms with Gasteiger partial charge in [0, 0.05) is 5.57 Å². The molecular weight excluding hydrogens is 224 g/mol. The highest BCUT2D eigenvalue weighted by molar-refractivity contribution is 5.88. The molecule has 0 spiro atoms. The molecule has 0 atom stereocenters. The van der Waals surface area contributed by atoms with Crippen molar-refractivity contribution in [3.8, 4) is 0 Å². The number of carbonyl (C=O) groups excluding carboxylic acids is 1. The summed E-state index contributed by atoms with van der Waals surface area (Å²) in [5.41, 5.74) is 1.53. The van der Waals surface area contributed by atoms with Gasteiger partial charge in [-0.2, -0.15) is 0 Å². The molecule has 0 unspecified atom stereocenters. The average molecular weight is 244 g/mol. The fourth-order valence-corrected chi connectivity index (χ4v) is 1.39. The molecule has 0 aliphatic rings. The molecule has 0 radical (unpaired) electrons. The van der Waals surface area contributed by atoms with E-state index >= 15 is 0 Å². The van der Waals surface area contributed by atoms with E-state index in [0.29, 0.717) is 17.9 Å². The Morgan fingerprint density at radius 3 is 2.61 bits per heavy atom. The summed E-state index contributed by atoms with van der Waals surface area (Å²) < 4.78 is 5.02. The molecule has 2 nitrogen and oxygen atoms in total. The zero-order valence-electron chi connectivity index (χ0n) is 11.1. The van der Waals surface area contributed by atoms with Gasteiger partial charge in [-0.1, -0.05) is 50.8 Å². The van der Waals surface area contributed by atoms with Crippen LogP contribution < -0.4 is 0 Å². The third-order valence-corrected chi connectivity index (χ3v) is 2.55. The monoisotopic (exact) mass is 244 g/mol. The fraction of sp³-hybridized carbons (Fsp3) is 0.312. The van der Waals surface area contributed by atoms with E-state index in [1.165, 1.54) is 6.26 Å². The first-order chi connectivity index (χ1) is 8.59. The Kier molecular flexibility index (Phi) is 5.92. The smallest absolute Gasteiger partial charge is 0.338 e. The summed E-state index contributed by atoms with van der Waals surface area (Å²) >= 11 is 0. The molecule has 1 aromatic rings. The second kappa shape index (κ2) is 7.49. The molecule has 0 aliphatic heterocycles. The SMILES string of the molecule is C=C(CCC(C)C)C(=O)OC=Cc1ccccc1. The van der Waals surface area contributed by atoms with E-state index in [4.69, 9.17) is 4.74 Å². The van der Waals surface area contributed by atoms with Gasteiger partial charge in [-0.25, -0.2) is 4.79 Å². The topological polar surface area (TPSA) is 26.3 Å². The summed E-state index contributed by atoms with van der Waals surface area (Å²) in [7, 11) is 0. The standard InChI is InChI=1S/C16H20O2/c1-13(2)9-10-14(3)16(17)18-12-11-15-7-5-4-6-8-15/h4-8,11-13H,3,9-10H2,1-2H3. The Morgan fingerprint density at radius 1 is 1.33 bits per heavy atom. The van der Waals surface area contributed by atoms with Gasteiger partial charge in [-0.05, 0) is 30.4 Å². The largest absolute Gasteiger partial charge is 0.431 e. The third-order valence-electron chi connectivity index (χ3n) is 2.55. The molecule has 96 valence electrons. The fourth-order valence-electron chi connectivity index (χ4n) is 1.39. The van der Waals surface area contributed by atoms with E-state index in [1.807, 2.05) is 30.3 Å². The van der Waals surface area contributed by atoms with Crippen molar-refractivity contribution in [2.45, 2.75) is 26.7 Å². The molecule has 0 saturated heterocycles. The summed E-state index contributed by atoms with van der Waals surface area (Å²) in [6.07, 6.45) is 4.82. The van der Waals surface area contributed by atoms with E-state index < -0.39 is 0 Å². The van der Waals surface area contributed by atoms with Gasteiger partial charge in [0.25, 0.3) is 0 Å². The van der Waals surface area contributed by atoms with Crippen LogP contribution in [0.4, 0.5) is 0 Å². The Morgan fingerprint density at radius 2 is 2.00 bits per heavy atom. The van der Waals surface area contributed by atoms with Gasteiger partial charge in [0.15, 0.2) is 0 Å². The van der Waals surface area contributed by atoms with Crippen molar-refractivity contribution in [1.82, 2.24) is 0 Å². The highest BCUT2D eigenvalue weighted by Crippen LogP contribution is 2.11. The number of hydrogen-bond donors (Lipinski definition) is 0. The van der Waals surface area contributed by atoms with Crippen molar-refractivity contribution in [3.63, 3.8) is 0 Å². The molecule has 18 heavy (non-hydrogen) atoms. The second-order valence-corrected chi connectivity index (χ2v) is 4.65. The summed E-state index contributed by atoms with van der Waals surface area (Å²) in [6, 6.07) is 9.69. The van der Waals surface area contributed by atoms with Crippen LogP contribution in [0.2, 0.25) is 0 Å². The molecule has 2 heteroatoms. The molecule has 0 aromatic heterocycles. The number of carbonyl (C=O) groups is 1. The van der Waals surface area contributed by atoms with Crippen molar-refractivity contribution < 1.29 is 9.53 Å². The van der Waals surface area contributed by atoms with Crippen molar-refractivity contribution in [1.29, 1.82) is 0 Å². The Bertz CT molecular complexity index is 416.